The van der Waals surface area contributed by atoms with Gasteiger partial charge in [0.25, 0.3) is 11.5 Å². The van der Waals surface area contributed by atoms with Gasteiger partial charge < -0.3 is 15.5 Å². The second-order valence-corrected chi connectivity index (χ2v) is 4.18. The van der Waals surface area contributed by atoms with Crippen LogP contribution in [0.1, 0.15) is 36.5 Å². The number of carboxylic acids is 1. The number of carbonyl (C=O) groups is 2. The molecule has 0 bridgehead atoms. The Morgan fingerprint density at radius 1 is 1.42 bits per heavy atom. The zero-order valence-corrected chi connectivity index (χ0v) is 10.5. The summed E-state index contributed by atoms with van der Waals surface area (Å²) in [5.74, 6) is -2.00. The maximum absolute atomic E-state index is 11.8. The molecule has 1 amide bonds. The van der Waals surface area contributed by atoms with Crippen LogP contribution in [0.4, 0.5) is 0 Å². The van der Waals surface area contributed by atoms with Gasteiger partial charge in [0.05, 0.1) is 12.0 Å². The molecule has 1 heterocycles. The first kappa shape index (κ1) is 14.7. The molecule has 104 valence electrons. The van der Waals surface area contributed by atoms with Crippen molar-refractivity contribution < 1.29 is 19.8 Å². The van der Waals surface area contributed by atoms with E-state index in [0.29, 0.717) is 6.42 Å². The number of aliphatic carboxylic acids is 1. The highest BCUT2D eigenvalue weighted by molar-refractivity contribution is 5.94. The van der Waals surface area contributed by atoms with Gasteiger partial charge in [-0.05, 0) is 6.42 Å². The van der Waals surface area contributed by atoms with Gasteiger partial charge in [0, 0.05) is 18.2 Å². The maximum atomic E-state index is 11.8. The number of hydrogen-bond acceptors (Lipinski definition) is 4. The van der Waals surface area contributed by atoms with Crippen LogP contribution in [0.3, 0.4) is 0 Å². The maximum Gasteiger partial charge on any atom is 0.305 e. The lowest BCUT2D eigenvalue weighted by molar-refractivity contribution is -0.137. The highest BCUT2D eigenvalue weighted by Crippen LogP contribution is 2.07. The minimum Gasteiger partial charge on any atom is -0.494 e. The standard InChI is InChI=1S/C12H16N2O5/c1-2-3-8(6-11(17)18)13-12(19)7-4-9(15)14-10(16)5-7/h4-5,8H,2-3,6H2,1H3,(H,13,19)(H,17,18)(H2,14,15,16). The Labute approximate surface area is 109 Å². The van der Waals surface area contributed by atoms with Gasteiger partial charge in [0.15, 0.2) is 5.88 Å². The number of carbonyl (C=O) groups excluding carboxylic acids is 1. The normalized spacial score (nSPS) is 11.8. The van der Waals surface area contributed by atoms with Gasteiger partial charge in [0.1, 0.15) is 0 Å². The summed E-state index contributed by atoms with van der Waals surface area (Å²) in [6, 6.07) is 1.65. The molecule has 0 spiro atoms. The monoisotopic (exact) mass is 268 g/mol. The largest absolute Gasteiger partial charge is 0.494 e. The molecular formula is C12H16N2O5. The SMILES string of the molecule is CCCC(CC(=O)O)NC(=O)c1cc(O)[nH]c(=O)c1. The molecule has 7 nitrogen and oxygen atoms in total. The molecule has 1 atom stereocenters. The van der Waals surface area contributed by atoms with Crippen molar-refractivity contribution in [2.75, 3.05) is 0 Å². The van der Waals surface area contributed by atoms with Gasteiger partial charge in [-0.25, -0.2) is 0 Å². The second kappa shape index (κ2) is 6.58. The van der Waals surface area contributed by atoms with Gasteiger partial charge in [0.2, 0.25) is 0 Å². The Bertz CT molecular complexity index is 523. The van der Waals surface area contributed by atoms with Crippen LogP contribution in [0, 0.1) is 0 Å². The molecule has 0 aromatic carbocycles. The summed E-state index contributed by atoms with van der Waals surface area (Å²) in [4.78, 5) is 35.7. The predicted octanol–water partition coefficient (Wildman–Crippen LogP) is 0.454. The van der Waals surface area contributed by atoms with Crippen molar-refractivity contribution in [3.63, 3.8) is 0 Å². The molecule has 1 aromatic rings. The molecule has 19 heavy (non-hydrogen) atoms. The molecule has 0 saturated carbocycles. The lowest BCUT2D eigenvalue weighted by Crippen LogP contribution is -2.36. The fourth-order valence-electron chi connectivity index (χ4n) is 1.71. The minimum atomic E-state index is -1.01. The molecule has 0 fully saturated rings. The summed E-state index contributed by atoms with van der Waals surface area (Å²) in [7, 11) is 0. The minimum absolute atomic E-state index is 0.00672. The molecule has 1 aromatic heterocycles. The predicted molar refractivity (Wildman–Crippen MR) is 67.1 cm³/mol. The fourth-order valence-corrected chi connectivity index (χ4v) is 1.71. The van der Waals surface area contributed by atoms with Crippen LogP contribution in [0.15, 0.2) is 16.9 Å². The fraction of sp³-hybridized carbons (Fsp3) is 0.417. The third-order valence-electron chi connectivity index (χ3n) is 2.49. The van der Waals surface area contributed by atoms with Crippen LogP contribution in [0.5, 0.6) is 5.88 Å². The first-order valence-electron chi connectivity index (χ1n) is 5.88. The molecular weight excluding hydrogens is 252 g/mol. The van der Waals surface area contributed by atoms with Crippen LogP contribution >= 0.6 is 0 Å². The van der Waals surface area contributed by atoms with E-state index in [2.05, 4.69) is 10.3 Å². The molecule has 0 saturated heterocycles. The van der Waals surface area contributed by atoms with Gasteiger partial charge >= 0.3 is 5.97 Å². The van der Waals surface area contributed by atoms with Gasteiger partial charge in [-0.2, -0.15) is 0 Å². The molecule has 0 aliphatic rings. The number of carboxylic acid groups (broad SMARTS) is 1. The number of aromatic amines is 1. The molecule has 4 N–H and O–H groups in total. The van der Waals surface area contributed by atoms with Crippen LogP contribution in [0.25, 0.3) is 0 Å². The third-order valence-corrected chi connectivity index (χ3v) is 2.49. The second-order valence-electron chi connectivity index (χ2n) is 4.18. The lowest BCUT2D eigenvalue weighted by atomic mass is 10.1. The van der Waals surface area contributed by atoms with Gasteiger partial charge in [-0.1, -0.05) is 13.3 Å². The van der Waals surface area contributed by atoms with E-state index in [1.54, 1.807) is 0 Å². The smallest absolute Gasteiger partial charge is 0.305 e. The van der Waals surface area contributed by atoms with Gasteiger partial charge in [-0.3, -0.25) is 19.4 Å². The highest BCUT2D eigenvalue weighted by atomic mass is 16.4. The van der Waals surface area contributed by atoms with Gasteiger partial charge in [-0.15, -0.1) is 0 Å². The molecule has 1 rings (SSSR count). The van der Waals surface area contributed by atoms with E-state index >= 15 is 0 Å². The van der Waals surface area contributed by atoms with Crippen LogP contribution in [-0.4, -0.2) is 33.1 Å². The summed E-state index contributed by atoms with van der Waals surface area (Å²) < 4.78 is 0. The molecule has 0 aliphatic carbocycles. The van der Waals surface area contributed by atoms with Crippen molar-refractivity contribution in [1.29, 1.82) is 0 Å². The molecule has 0 radical (unpaired) electrons. The van der Waals surface area contributed by atoms with Crippen molar-refractivity contribution in [3.8, 4) is 5.88 Å². The van der Waals surface area contributed by atoms with E-state index in [1.165, 1.54) is 0 Å². The average molecular weight is 268 g/mol. The third kappa shape index (κ3) is 4.82. The Balaban J connectivity index is 2.80. The van der Waals surface area contributed by atoms with E-state index in [0.717, 1.165) is 18.6 Å². The van der Waals surface area contributed by atoms with E-state index in [-0.39, 0.29) is 12.0 Å². The van der Waals surface area contributed by atoms with E-state index in [4.69, 9.17) is 5.11 Å². The summed E-state index contributed by atoms with van der Waals surface area (Å²) in [6.45, 7) is 1.88. The first-order chi connectivity index (χ1) is 8.92. The number of rotatable bonds is 6. The topological polar surface area (TPSA) is 119 Å². The summed E-state index contributed by atoms with van der Waals surface area (Å²) in [5.41, 5.74) is -0.608. The van der Waals surface area contributed by atoms with E-state index in [1.807, 2.05) is 6.92 Å². The number of amides is 1. The first-order valence-corrected chi connectivity index (χ1v) is 5.88. The Kier molecular flexibility index (Phi) is 5.11. The number of aromatic nitrogens is 1. The van der Waals surface area contributed by atoms with E-state index in [9.17, 15) is 19.5 Å². The quantitative estimate of drug-likeness (QED) is 0.597. The number of H-pyrrole nitrogens is 1. The summed E-state index contributed by atoms with van der Waals surface area (Å²) in [5, 5.41) is 20.5. The van der Waals surface area contributed by atoms with Crippen LogP contribution in [0.2, 0.25) is 0 Å². The van der Waals surface area contributed by atoms with Crippen LogP contribution < -0.4 is 10.9 Å². The molecule has 1 unspecified atom stereocenters. The molecule has 0 aliphatic heterocycles. The van der Waals surface area contributed by atoms with Crippen molar-refractivity contribution >= 4 is 11.9 Å². The number of pyridine rings is 1. The Morgan fingerprint density at radius 3 is 2.63 bits per heavy atom. The summed E-state index contributed by atoms with van der Waals surface area (Å²) >= 11 is 0. The Morgan fingerprint density at radius 2 is 2.11 bits per heavy atom. The number of nitrogens with one attached hydrogen (secondary N) is 2. The number of aromatic hydroxyl groups is 1. The zero-order valence-electron chi connectivity index (χ0n) is 10.5. The van der Waals surface area contributed by atoms with E-state index < -0.39 is 29.4 Å². The highest BCUT2D eigenvalue weighted by Gasteiger charge is 2.17. The van der Waals surface area contributed by atoms with Crippen LogP contribution in [-0.2, 0) is 4.79 Å². The van der Waals surface area contributed by atoms with Crippen molar-refractivity contribution in [1.82, 2.24) is 10.3 Å². The lowest BCUT2D eigenvalue weighted by Gasteiger charge is -2.16. The Hall–Kier alpha value is -2.31. The number of hydrogen-bond donors (Lipinski definition) is 4. The van der Waals surface area contributed by atoms with Crippen molar-refractivity contribution in [2.24, 2.45) is 0 Å². The van der Waals surface area contributed by atoms with Crippen molar-refractivity contribution in [2.45, 2.75) is 32.2 Å². The zero-order chi connectivity index (χ0) is 14.4. The molecule has 7 heteroatoms. The average Bonchev–Trinajstić information content (AvgIpc) is 2.26. The summed E-state index contributed by atoms with van der Waals surface area (Å²) in [6.07, 6.45) is 1.06. The van der Waals surface area contributed by atoms with Crippen molar-refractivity contribution in [3.05, 3.63) is 28.0 Å².